The number of aromatic nitrogens is 2. The van der Waals surface area contributed by atoms with Gasteiger partial charge < -0.3 is 25.6 Å². The summed E-state index contributed by atoms with van der Waals surface area (Å²) in [5.41, 5.74) is 8.50. The summed E-state index contributed by atoms with van der Waals surface area (Å²) in [5, 5.41) is 4.14. The van der Waals surface area contributed by atoms with Gasteiger partial charge >= 0.3 is 0 Å². The molecule has 11 heteroatoms. The highest BCUT2D eigenvalue weighted by Gasteiger charge is 2.56. The number of nitrogens with two attached hydrogens (primary N) is 1. The number of halogens is 1. The number of methoxy groups -OCH3 is 1. The first-order valence-corrected chi connectivity index (χ1v) is 17.9. The summed E-state index contributed by atoms with van der Waals surface area (Å²) in [4.78, 5) is 31.3. The number of aliphatic imine (C=N–C) groups is 1. The molecule has 2 heterocycles. The van der Waals surface area contributed by atoms with Crippen molar-refractivity contribution in [3.63, 3.8) is 0 Å². The van der Waals surface area contributed by atoms with Crippen molar-refractivity contribution in [3.8, 4) is 5.75 Å². The second kappa shape index (κ2) is 14.4. The lowest BCUT2D eigenvalue weighted by molar-refractivity contribution is -0.108. The zero-order valence-corrected chi connectivity index (χ0v) is 30.4. The second-order valence-corrected chi connectivity index (χ2v) is 15.5. The maximum Gasteiger partial charge on any atom is 0.261 e. The Morgan fingerprint density at radius 3 is 2.59 bits per heavy atom. The monoisotopic (exact) mass is 674 g/mol. The van der Waals surface area contributed by atoms with Crippen LogP contribution in [0.4, 0.5) is 10.1 Å². The Morgan fingerprint density at radius 1 is 1.18 bits per heavy atom. The molecule has 2 unspecified atom stereocenters. The van der Waals surface area contributed by atoms with Gasteiger partial charge in [-0.25, -0.2) is 14.4 Å². The largest absolute Gasteiger partial charge is 0.497 e. The van der Waals surface area contributed by atoms with Crippen LogP contribution in [0.5, 0.6) is 5.75 Å². The van der Waals surface area contributed by atoms with Crippen LogP contribution < -0.4 is 21.3 Å². The van der Waals surface area contributed by atoms with Crippen molar-refractivity contribution in [2.24, 2.45) is 33.9 Å². The van der Waals surface area contributed by atoms with Gasteiger partial charge in [-0.2, -0.15) is 0 Å². The average molecular weight is 675 g/mol. The van der Waals surface area contributed by atoms with Gasteiger partial charge in [-0.05, 0) is 86.2 Å². The normalized spacial score (nSPS) is 24.8. The Balaban J connectivity index is 1.31. The number of aryl methyl sites for hydroxylation is 1. The second-order valence-electron chi connectivity index (χ2n) is 15.5. The van der Waals surface area contributed by atoms with Gasteiger partial charge in [0.25, 0.3) is 5.56 Å². The van der Waals surface area contributed by atoms with E-state index in [-0.39, 0.29) is 23.5 Å². The van der Waals surface area contributed by atoms with Crippen LogP contribution in [-0.4, -0.2) is 96.2 Å². The number of rotatable bonds is 10. The SMILES string of the molecule is COc1ccc(CCn2c(CN3CCN(C)CC3)nc3cc(NC(=NC4CC5C[C@@H]([C@@H]4C)C5(C)C)N(C)C[C@@H](C)N)ccc3c2=O)c(F)c1. The third kappa shape index (κ3) is 7.49. The Hall–Kier alpha value is -3.54. The predicted octanol–water partition coefficient (Wildman–Crippen LogP) is 4.65. The van der Waals surface area contributed by atoms with E-state index < -0.39 is 0 Å². The van der Waals surface area contributed by atoms with Crippen molar-refractivity contribution in [3.05, 3.63) is 64.0 Å². The molecule has 0 spiro atoms. The van der Waals surface area contributed by atoms with Crippen LogP contribution in [0.1, 0.15) is 51.9 Å². The highest BCUT2D eigenvalue weighted by atomic mass is 19.1. The molecule has 2 aromatic carbocycles. The highest BCUT2D eigenvalue weighted by molar-refractivity contribution is 5.95. The van der Waals surface area contributed by atoms with Gasteiger partial charge in [0, 0.05) is 64.1 Å². The van der Waals surface area contributed by atoms with Crippen LogP contribution >= 0.6 is 0 Å². The van der Waals surface area contributed by atoms with Gasteiger partial charge in [-0.1, -0.05) is 26.8 Å². The first-order chi connectivity index (χ1) is 23.3. The Bertz CT molecular complexity index is 1730. The quantitative estimate of drug-likeness (QED) is 0.237. The van der Waals surface area contributed by atoms with E-state index in [1.165, 1.54) is 19.6 Å². The number of piperazine rings is 1. The van der Waals surface area contributed by atoms with Gasteiger partial charge in [-0.15, -0.1) is 0 Å². The van der Waals surface area contributed by atoms with E-state index in [9.17, 15) is 9.18 Å². The van der Waals surface area contributed by atoms with Crippen LogP contribution in [-0.2, 0) is 19.5 Å². The Morgan fingerprint density at radius 2 is 1.94 bits per heavy atom. The van der Waals surface area contributed by atoms with Crippen LogP contribution in [0.15, 0.2) is 46.2 Å². The number of nitrogens with one attached hydrogen (secondary N) is 1. The molecule has 1 aliphatic heterocycles. The topological polar surface area (TPSA) is 104 Å². The standard InChI is InChI=1S/C38H55FN8O2/c1-24(40)22-45(6)37(43-33-19-27-18-31(25(33)2)38(27,3)4)41-28-9-11-30-34(20-28)42-35(23-46-16-14-44(5)15-17-46)47(36(30)48)13-12-26-8-10-29(49-7)21-32(26)39/h8-11,20-21,24-25,27,31,33H,12-19,22-23,40H2,1-7H3,(H,41,43)/t24-,25+,27?,31+,33?/m1/s1. The van der Waals surface area contributed by atoms with Crippen molar-refractivity contribution >= 4 is 22.5 Å². The smallest absolute Gasteiger partial charge is 0.261 e. The van der Waals surface area contributed by atoms with Gasteiger partial charge in [-0.3, -0.25) is 14.3 Å². The molecule has 3 aromatic rings. The molecule has 2 bridgehead atoms. The van der Waals surface area contributed by atoms with E-state index in [2.05, 4.69) is 47.8 Å². The number of hydrogen-bond donors (Lipinski definition) is 2. The number of benzene rings is 2. The van der Waals surface area contributed by atoms with Crippen LogP contribution in [0.25, 0.3) is 10.9 Å². The molecule has 10 nitrogen and oxygen atoms in total. The molecule has 49 heavy (non-hydrogen) atoms. The summed E-state index contributed by atoms with van der Waals surface area (Å²) in [6.07, 6.45) is 2.76. The van der Waals surface area contributed by atoms with Crippen molar-refractivity contribution in [2.45, 2.75) is 72.1 Å². The number of fused-ring (bicyclic) bond motifs is 3. The molecule has 0 amide bonds. The molecule has 1 aromatic heterocycles. The molecule has 3 aliphatic carbocycles. The molecule has 3 N–H and O–H groups in total. The fraction of sp³-hybridized carbons (Fsp3) is 0.605. The van der Waals surface area contributed by atoms with E-state index in [1.807, 2.05) is 32.2 Å². The maximum absolute atomic E-state index is 14.9. The molecular formula is C38H55FN8O2. The molecule has 266 valence electrons. The third-order valence-corrected chi connectivity index (χ3v) is 11.6. The first-order valence-electron chi connectivity index (χ1n) is 17.9. The average Bonchev–Trinajstić information content (AvgIpc) is 3.06. The van der Waals surface area contributed by atoms with Crippen molar-refractivity contribution in [1.29, 1.82) is 0 Å². The summed E-state index contributed by atoms with van der Waals surface area (Å²) in [7, 11) is 5.68. The summed E-state index contributed by atoms with van der Waals surface area (Å²) in [5.74, 6) is 3.50. The van der Waals surface area contributed by atoms with E-state index in [1.54, 1.807) is 16.7 Å². The lowest BCUT2D eigenvalue weighted by atomic mass is 9.45. The van der Waals surface area contributed by atoms with Crippen molar-refractivity contribution in [2.75, 3.05) is 59.2 Å². The molecule has 3 saturated carbocycles. The first kappa shape index (κ1) is 35.3. The lowest BCUT2D eigenvalue weighted by Gasteiger charge is -2.61. The van der Waals surface area contributed by atoms with Gasteiger partial charge in [0.05, 0.1) is 30.6 Å². The van der Waals surface area contributed by atoms with Crippen LogP contribution in [0.3, 0.4) is 0 Å². The number of anilines is 1. The van der Waals surface area contributed by atoms with E-state index in [0.29, 0.717) is 77.3 Å². The minimum atomic E-state index is -0.340. The van der Waals surface area contributed by atoms with E-state index in [0.717, 1.165) is 44.2 Å². The molecule has 5 atom stereocenters. The fourth-order valence-electron chi connectivity index (χ4n) is 8.32. The number of ether oxygens (including phenoxy) is 1. The minimum Gasteiger partial charge on any atom is -0.497 e. The van der Waals surface area contributed by atoms with Crippen molar-refractivity contribution in [1.82, 2.24) is 24.3 Å². The van der Waals surface area contributed by atoms with E-state index in [4.69, 9.17) is 20.4 Å². The molecule has 4 aliphatic rings. The number of guanidine groups is 1. The predicted molar refractivity (Wildman–Crippen MR) is 196 cm³/mol. The minimum absolute atomic E-state index is 0.0200. The number of nitrogens with zero attached hydrogens (tertiary/aromatic N) is 6. The highest BCUT2D eigenvalue weighted by Crippen LogP contribution is 2.61. The Labute approximate surface area is 290 Å². The summed E-state index contributed by atoms with van der Waals surface area (Å²) >= 11 is 0. The molecule has 1 saturated heterocycles. The van der Waals surface area contributed by atoms with Gasteiger partial charge in [0.1, 0.15) is 17.4 Å². The van der Waals surface area contributed by atoms with Crippen molar-refractivity contribution < 1.29 is 9.13 Å². The summed E-state index contributed by atoms with van der Waals surface area (Å²) in [6.45, 7) is 14.4. The number of likely N-dealkylation sites (N-methyl/N-ethyl adjacent to an activating group) is 2. The third-order valence-electron chi connectivity index (χ3n) is 11.6. The zero-order valence-electron chi connectivity index (χ0n) is 30.4. The summed E-state index contributed by atoms with van der Waals surface area (Å²) < 4.78 is 21.8. The van der Waals surface area contributed by atoms with Crippen LogP contribution in [0, 0.1) is 29.0 Å². The van der Waals surface area contributed by atoms with E-state index >= 15 is 0 Å². The number of hydrogen-bond acceptors (Lipinski definition) is 7. The summed E-state index contributed by atoms with van der Waals surface area (Å²) in [6, 6.07) is 10.8. The fourth-order valence-corrected chi connectivity index (χ4v) is 8.32. The molecule has 4 fully saturated rings. The maximum atomic E-state index is 14.9. The van der Waals surface area contributed by atoms with Crippen LogP contribution in [0.2, 0.25) is 0 Å². The lowest BCUT2D eigenvalue weighted by Crippen LogP contribution is -2.56. The van der Waals surface area contributed by atoms with Gasteiger partial charge in [0.15, 0.2) is 5.96 Å². The van der Waals surface area contributed by atoms with Gasteiger partial charge in [0.2, 0.25) is 0 Å². The molecular weight excluding hydrogens is 619 g/mol. The Kier molecular flexibility index (Phi) is 10.3. The molecule has 0 radical (unpaired) electrons. The zero-order chi connectivity index (χ0) is 35.0. The molecule has 7 rings (SSSR count).